The summed E-state index contributed by atoms with van der Waals surface area (Å²) in [6.07, 6.45) is 81.2. The van der Waals surface area contributed by atoms with E-state index in [1.165, 1.54) is 116 Å². The van der Waals surface area contributed by atoms with E-state index < -0.39 is 6.10 Å². The summed E-state index contributed by atoms with van der Waals surface area (Å²) in [6, 6.07) is 0. The minimum Gasteiger partial charge on any atom is -0.462 e. The molecule has 1 unspecified atom stereocenters. The molecule has 0 N–H and O–H groups in total. The predicted molar refractivity (Wildman–Crippen MR) is 316 cm³/mol. The van der Waals surface area contributed by atoms with E-state index in [-0.39, 0.29) is 31.1 Å². The van der Waals surface area contributed by atoms with Gasteiger partial charge in [-0.3, -0.25) is 14.4 Å². The van der Waals surface area contributed by atoms with Crippen LogP contribution in [0.5, 0.6) is 0 Å². The van der Waals surface area contributed by atoms with Crippen LogP contribution in [0.4, 0.5) is 0 Å². The van der Waals surface area contributed by atoms with Gasteiger partial charge in [0.25, 0.3) is 0 Å². The van der Waals surface area contributed by atoms with Gasteiger partial charge < -0.3 is 14.2 Å². The molecule has 0 aromatic carbocycles. The first-order valence-corrected chi connectivity index (χ1v) is 30.7. The fourth-order valence-corrected chi connectivity index (χ4v) is 8.54. The van der Waals surface area contributed by atoms with Gasteiger partial charge in [0.1, 0.15) is 13.2 Å². The van der Waals surface area contributed by atoms with Crippen LogP contribution in [-0.4, -0.2) is 37.2 Å². The van der Waals surface area contributed by atoms with Crippen LogP contribution in [0.1, 0.15) is 290 Å². The maximum Gasteiger partial charge on any atom is 0.306 e. The molecular formula is C67H114O6. The number of esters is 3. The second-order valence-corrected chi connectivity index (χ2v) is 20.2. The van der Waals surface area contributed by atoms with Gasteiger partial charge in [0, 0.05) is 19.3 Å². The van der Waals surface area contributed by atoms with Crippen LogP contribution in [0.15, 0.2) is 97.2 Å². The summed E-state index contributed by atoms with van der Waals surface area (Å²) < 4.78 is 16.9. The second kappa shape index (κ2) is 60.9. The lowest BCUT2D eigenvalue weighted by atomic mass is 10.0. The molecule has 0 aliphatic heterocycles. The molecule has 0 aliphatic carbocycles. The molecule has 73 heavy (non-hydrogen) atoms. The lowest BCUT2D eigenvalue weighted by molar-refractivity contribution is -0.167. The molecule has 0 bridgehead atoms. The molecule has 0 aromatic heterocycles. The van der Waals surface area contributed by atoms with Crippen molar-refractivity contribution in [3.8, 4) is 0 Å². The van der Waals surface area contributed by atoms with E-state index in [1.807, 2.05) is 0 Å². The zero-order valence-electron chi connectivity index (χ0n) is 47.9. The molecular weight excluding hydrogens is 901 g/mol. The van der Waals surface area contributed by atoms with Crippen LogP contribution in [0, 0.1) is 0 Å². The lowest BCUT2D eigenvalue weighted by Gasteiger charge is -2.18. The summed E-state index contributed by atoms with van der Waals surface area (Å²) in [5.41, 5.74) is 0. The van der Waals surface area contributed by atoms with Gasteiger partial charge in [-0.05, 0) is 96.3 Å². The Kier molecular flexibility index (Phi) is 57.8. The Bertz CT molecular complexity index is 1440. The van der Waals surface area contributed by atoms with Gasteiger partial charge in [-0.15, -0.1) is 0 Å². The van der Waals surface area contributed by atoms with Crippen molar-refractivity contribution in [2.45, 2.75) is 297 Å². The highest BCUT2D eigenvalue weighted by Gasteiger charge is 2.19. The van der Waals surface area contributed by atoms with E-state index in [2.05, 4.69) is 118 Å². The molecule has 0 aromatic rings. The third-order valence-corrected chi connectivity index (χ3v) is 13.1. The van der Waals surface area contributed by atoms with Crippen LogP contribution in [-0.2, 0) is 28.6 Å². The monoisotopic (exact) mass is 1010 g/mol. The highest BCUT2D eigenvalue weighted by atomic mass is 16.6. The van der Waals surface area contributed by atoms with Crippen molar-refractivity contribution in [3.63, 3.8) is 0 Å². The summed E-state index contributed by atoms with van der Waals surface area (Å²) in [4.78, 5) is 38.3. The normalized spacial score (nSPS) is 12.8. The first-order valence-electron chi connectivity index (χ1n) is 30.7. The standard InChI is InChI=1S/C67H114O6/c1-4-7-10-13-16-19-22-25-28-31-33-36-39-42-45-48-51-54-57-60-66(69)72-63-64(62-71-65(68)59-56-53-50-47-44-41-38-35-30-27-24-21-18-15-12-9-6-3)73-67(70)61-58-55-52-49-46-43-40-37-34-32-29-26-23-20-17-14-11-8-5-2/h7,9-10,12,16,18-19,21,25,27-28,30,33,36,38,41,64H,4-6,8,11,13-15,17,20,22-24,26,29,31-32,34-35,37,39-40,42-63H2,1-3H3/b10-7-,12-9-,19-16-,21-18-,28-25-,30-27-,36-33-,41-38-. The number of unbranched alkanes of at least 4 members (excludes halogenated alkanes) is 28. The Morgan fingerprint density at radius 2 is 0.534 bits per heavy atom. The predicted octanol–water partition coefficient (Wildman–Crippen LogP) is 20.9. The minimum absolute atomic E-state index is 0.0916. The van der Waals surface area contributed by atoms with E-state index in [0.29, 0.717) is 19.3 Å². The molecule has 418 valence electrons. The van der Waals surface area contributed by atoms with Gasteiger partial charge in [-0.1, -0.05) is 272 Å². The largest absolute Gasteiger partial charge is 0.462 e. The molecule has 0 rings (SSSR count). The zero-order chi connectivity index (χ0) is 52.9. The fraction of sp³-hybridized carbons (Fsp3) is 0.716. The second-order valence-electron chi connectivity index (χ2n) is 20.2. The molecule has 1 atom stereocenters. The first kappa shape index (κ1) is 69.3. The number of hydrogen-bond acceptors (Lipinski definition) is 6. The average molecular weight is 1020 g/mol. The molecule has 0 fully saturated rings. The van der Waals surface area contributed by atoms with Gasteiger partial charge in [0.05, 0.1) is 0 Å². The lowest BCUT2D eigenvalue weighted by Crippen LogP contribution is -2.30. The van der Waals surface area contributed by atoms with E-state index in [4.69, 9.17) is 14.2 Å². The van der Waals surface area contributed by atoms with E-state index in [9.17, 15) is 14.4 Å². The molecule has 0 aliphatic rings. The van der Waals surface area contributed by atoms with Crippen LogP contribution < -0.4 is 0 Å². The maximum absolute atomic E-state index is 12.9. The molecule has 6 nitrogen and oxygen atoms in total. The quantitative estimate of drug-likeness (QED) is 0.0261. The van der Waals surface area contributed by atoms with E-state index in [1.54, 1.807) is 0 Å². The third-order valence-electron chi connectivity index (χ3n) is 13.1. The van der Waals surface area contributed by atoms with Crippen LogP contribution in [0.25, 0.3) is 0 Å². The Labute approximate surface area is 451 Å². The first-order chi connectivity index (χ1) is 36.0. The maximum atomic E-state index is 12.9. The van der Waals surface area contributed by atoms with Crippen molar-refractivity contribution >= 4 is 17.9 Å². The fourth-order valence-electron chi connectivity index (χ4n) is 8.54. The van der Waals surface area contributed by atoms with Crippen LogP contribution >= 0.6 is 0 Å². The van der Waals surface area contributed by atoms with E-state index in [0.717, 1.165) is 135 Å². The summed E-state index contributed by atoms with van der Waals surface area (Å²) in [6.45, 7) is 6.41. The van der Waals surface area contributed by atoms with Crippen molar-refractivity contribution < 1.29 is 28.6 Å². The minimum atomic E-state index is -0.794. The molecule has 0 spiro atoms. The smallest absolute Gasteiger partial charge is 0.306 e. The van der Waals surface area contributed by atoms with Crippen molar-refractivity contribution in [1.82, 2.24) is 0 Å². The Morgan fingerprint density at radius 1 is 0.288 bits per heavy atom. The SMILES string of the molecule is CC/C=C\C/C=C\C/C=C\C/C=C\CCCCCCCCC(=O)OCC(COC(=O)CCCCCC/C=C\C/C=C\C/C=C\C/C=C\CC)OC(=O)CCCCCCCCCCCCCCCCCCCCC. The average Bonchev–Trinajstić information content (AvgIpc) is 3.39. The summed E-state index contributed by atoms with van der Waals surface area (Å²) in [5, 5.41) is 0. The van der Waals surface area contributed by atoms with Crippen molar-refractivity contribution in [2.75, 3.05) is 13.2 Å². The summed E-state index contributed by atoms with van der Waals surface area (Å²) >= 11 is 0. The van der Waals surface area contributed by atoms with Crippen molar-refractivity contribution in [3.05, 3.63) is 97.2 Å². The Balaban J connectivity index is 4.43. The number of ether oxygens (including phenoxy) is 3. The summed E-state index contributed by atoms with van der Waals surface area (Å²) in [7, 11) is 0. The molecule has 6 heteroatoms. The third kappa shape index (κ3) is 59.1. The van der Waals surface area contributed by atoms with Crippen LogP contribution in [0.2, 0.25) is 0 Å². The van der Waals surface area contributed by atoms with Crippen molar-refractivity contribution in [1.29, 1.82) is 0 Å². The summed E-state index contributed by atoms with van der Waals surface area (Å²) in [5.74, 6) is -0.918. The number of allylic oxidation sites excluding steroid dienone is 16. The number of carbonyl (C=O) groups excluding carboxylic acids is 3. The van der Waals surface area contributed by atoms with Gasteiger partial charge in [0.15, 0.2) is 6.10 Å². The Morgan fingerprint density at radius 3 is 0.836 bits per heavy atom. The molecule has 0 saturated heterocycles. The number of rotatable bonds is 55. The highest BCUT2D eigenvalue weighted by molar-refractivity contribution is 5.71. The van der Waals surface area contributed by atoms with Gasteiger partial charge >= 0.3 is 17.9 Å². The van der Waals surface area contributed by atoms with Gasteiger partial charge in [-0.2, -0.15) is 0 Å². The van der Waals surface area contributed by atoms with Crippen LogP contribution in [0.3, 0.4) is 0 Å². The molecule has 0 heterocycles. The molecule has 0 amide bonds. The zero-order valence-corrected chi connectivity index (χ0v) is 47.9. The molecule has 0 radical (unpaired) electrons. The number of hydrogen-bond donors (Lipinski definition) is 0. The Hall–Kier alpha value is -3.67. The highest BCUT2D eigenvalue weighted by Crippen LogP contribution is 2.16. The van der Waals surface area contributed by atoms with Gasteiger partial charge in [0.2, 0.25) is 0 Å². The number of carbonyl (C=O) groups is 3. The van der Waals surface area contributed by atoms with Crippen molar-refractivity contribution in [2.24, 2.45) is 0 Å². The van der Waals surface area contributed by atoms with Gasteiger partial charge in [-0.25, -0.2) is 0 Å². The van der Waals surface area contributed by atoms with E-state index >= 15 is 0 Å². The molecule has 0 saturated carbocycles. The topological polar surface area (TPSA) is 78.9 Å².